The first-order valence-corrected chi connectivity index (χ1v) is 5.88. The lowest BCUT2D eigenvalue weighted by atomic mass is 9.81. The third-order valence-corrected chi connectivity index (χ3v) is 3.45. The topological polar surface area (TPSA) is 29.5 Å². The highest BCUT2D eigenvalue weighted by Crippen LogP contribution is 2.31. The lowest BCUT2D eigenvalue weighted by molar-refractivity contribution is -0.122. The molecule has 0 saturated carbocycles. The van der Waals surface area contributed by atoms with Gasteiger partial charge in [0.05, 0.1) is 5.60 Å². The highest BCUT2D eigenvalue weighted by molar-refractivity contribution is 5.51. The maximum Gasteiger partial charge on any atom is 0.122 e. The van der Waals surface area contributed by atoms with Crippen LogP contribution in [-0.2, 0) is 9.53 Å². The molecule has 0 amide bonds. The third-order valence-electron chi connectivity index (χ3n) is 3.45. The molecule has 0 bridgehead atoms. The Hall–Kier alpha value is -0.410. The van der Waals surface area contributed by atoms with E-state index in [4.69, 9.17) is 4.74 Å². The largest absolute Gasteiger partial charge is 0.375 e. The molecule has 1 saturated heterocycles. The summed E-state index contributed by atoms with van der Waals surface area (Å²) in [4.78, 5) is 13.1. The molecule has 15 heavy (non-hydrogen) atoms. The summed E-state index contributed by atoms with van der Waals surface area (Å²) in [5.41, 5.74) is -0.259. The molecule has 0 aromatic rings. The summed E-state index contributed by atoms with van der Waals surface area (Å²) in [5, 5.41) is 0. The minimum absolute atomic E-state index is 0.259. The standard InChI is InChI=1S/C12H23NO2/c1-4-15-12(2,7-9-14)11-6-5-8-13(3)10-11/h9,11H,4-8,10H2,1-3H3. The predicted octanol–water partition coefficient (Wildman–Crippen LogP) is 1.71. The van der Waals surface area contributed by atoms with E-state index in [0.717, 1.165) is 12.8 Å². The van der Waals surface area contributed by atoms with Crippen LogP contribution in [0.25, 0.3) is 0 Å². The fraction of sp³-hybridized carbons (Fsp3) is 0.917. The molecule has 88 valence electrons. The Kier molecular flexibility index (Phi) is 4.74. The van der Waals surface area contributed by atoms with Crippen molar-refractivity contribution in [3.8, 4) is 0 Å². The Bertz CT molecular complexity index is 208. The van der Waals surface area contributed by atoms with Crippen LogP contribution in [0.15, 0.2) is 0 Å². The van der Waals surface area contributed by atoms with Crippen LogP contribution in [-0.4, -0.2) is 43.5 Å². The average molecular weight is 213 g/mol. The van der Waals surface area contributed by atoms with Gasteiger partial charge in [0, 0.05) is 25.5 Å². The maximum atomic E-state index is 10.7. The zero-order chi connectivity index (χ0) is 11.3. The first kappa shape index (κ1) is 12.7. The van der Waals surface area contributed by atoms with Gasteiger partial charge >= 0.3 is 0 Å². The van der Waals surface area contributed by atoms with Crippen LogP contribution in [0, 0.1) is 5.92 Å². The van der Waals surface area contributed by atoms with Gasteiger partial charge in [-0.25, -0.2) is 0 Å². The van der Waals surface area contributed by atoms with E-state index < -0.39 is 0 Å². The van der Waals surface area contributed by atoms with Crippen LogP contribution in [0.4, 0.5) is 0 Å². The van der Waals surface area contributed by atoms with E-state index in [1.807, 2.05) is 6.92 Å². The Morgan fingerprint density at radius 2 is 2.33 bits per heavy atom. The predicted molar refractivity (Wildman–Crippen MR) is 60.9 cm³/mol. The summed E-state index contributed by atoms with van der Waals surface area (Å²) in [5.74, 6) is 0.487. The lowest BCUT2D eigenvalue weighted by Gasteiger charge is -2.41. The molecular formula is C12H23NO2. The molecule has 1 fully saturated rings. The van der Waals surface area contributed by atoms with Crippen molar-refractivity contribution in [2.45, 2.75) is 38.7 Å². The van der Waals surface area contributed by atoms with E-state index in [1.54, 1.807) is 0 Å². The number of hydrogen-bond acceptors (Lipinski definition) is 3. The zero-order valence-corrected chi connectivity index (χ0v) is 10.2. The van der Waals surface area contributed by atoms with Gasteiger partial charge in [0.2, 0.25) is 0 Å². The maximum absolute atomic E-state index is 10.7. The molecule has 0 spiro atoms. The van der Waals surface area contributed by atoms with Crippen molar-refractivity contribution < 1.29 is 9.53 Å². The smallest absolute Gasteiger partial charge is 0.122 e. The molecule has 1 aliphatic heterocycles. The Morgan fingerprint density at radius 3 is 2.87 bits per heavy atom. The van der Waals surface area contributed by atoms with Crippen molar-refractivity contribution in [2.24, 2.45) is 5.92 Å². The molecule has 1 heterocycles. The number of likely N-dealkylation sites (tertiary alicyclic amines) is 1. The van der Waals surface area contributed by atoms with E-state index in [9.17, 15) is 4.79 Å². The molecule has 2 atom stereocenters. The number of piperidine rings is 1. The summed E-state index contributed by atoms with van der Waals surface area (Å²) in [6, 6.07) is 0. The van der Waals surface area contributed by atoms with Gasteiger partial charge in [0.25, 0.3) is 0 Å². The molecular weight excluding hydrogens is 190 g/mol. The van der Waals surface area contributed by atoms with Gasteiger partial charge in [0.15, 0.2) is 0 Å². The van der Waals surface area contributed by atoms with Gasteiger partial charge in [-0.3, -0.25) is 0 Å². The molecule has 0 aliphatic carbocycles. The molecule has 3 nitrogen and oxygen atoms in total. The number of aldehydes is 1. The SMILES string of the molecule is CCOC(C)(CC=O)C1CCCN(C)C1. The second kappa shape index (κ2) is 5.61. The monoisotopic (exact) mass is 213 g/mol. The van der Waals surface area contributed by atoms with Crippen LogP contribution in [0.3, 0.4) is 0 Å². The summed E-state index contributed by atoms with van der Waals surface area (Å²) >= 11 is 0. The van der Waals surface area contributed by atoms with Gasteiger partial charge in [0.1, 0.15) is 6.29 Å². The summed E-state index contributed by atoms with van der Waals surface area (Å²) in [6.07, 6.45) is 3.89. The first-order chi connectivity index (χ1) is 7.12. The molecule has 3 heteroatoms. The number of nitrogens with zero attached hydrogens (tertiary/aromatic N) is 1. The molecule has 2 unspecified atom stereocenters. The van der Waals surface area contributed by atoms with Crippen molar-refractivity contribution in [1.29, 1.82) is 0 Å². The normalized spacial score (nSPS) is 27.3. The number of carbonyl (C=O) groups is 1. The number of carbonyl (C=O) groups excluding carboxylic acids is 1. The Balaban J connectivity index is 2.64. The van der Waals surface area contributed by atoms with E-state index in [-0.39, 0.29) is 5.60 Å². The van der Waals surface area contributed by atoms with Crippen molar-refractivity contribution in [1.82, 2.24) is 4.90 Å². The highest BCUT2D eigenvalue weighted by Gasteiger charge is 2.36. The summed E-state index contributed by atoms with van der Waals surface area (Å²) < 4.78 is 5.80. The zero-order valence-electron chi connectivity index (χ0n) is 10.2. The van der Waals surface area contributed by atoms with Crippen molar-refractivity contribution in [2.75, 3.05) is 26.7 Å². The highest BCUT2D eigenvalue weighted by atomic mass is 16.5. The molecule has 1 rings (SSSR count). The van der Waals surface area contributed by atoms with Crippen LogP contribution >= 0.6 is 0 Å². The van der Waals surface area contributed by atoms with Gasteiger partial charge in [-0.2, -0.15) is 0 Å². The van der Waals surface area contributed by atoms with Crippen molar-refractivity contribution in [3.63, 3.8) is 0 Å². The Labute approximate surface area is 92.8 Å². The number of hydrogen-bond donors (Lipinski definition) is 0. The van der Waals surface area contributed by atoms with E-state index >= 15 is 0 Å². The molecule has 0 aromatic heterocycles. The van der Waals surface area contributed by atoms with Crippen molar-refractivity contribution in [3.05, 3.63) is 0 Å². The fourth-order valence-corrected chi connectivity index (χ4v) is 2.50. The molecule has 0 radical (unpaired) electrons. The van der Waals surface area contributed by atoms with E-state index in [2.05, 4.69) is 18.9 Å². The summed E-state index contributed by atoms with van der Waals surface area (Å²) in [6.45, 7) is 6.97. The van der Waals surface area contributed by atoms with Gasteiger partial charge < -0.3 is 14.4 Å². The fourth-order valence-electron chi connectivity index (χ4n) is 2.50. The number of rotatable bonds is 5. The quantitative estimate of drug-likeness (QED) is 0.651. The lowest BCUT2D eigenvalue weighted by Crippen LogP contribution is -2.46. The average Bonchev–Trinajstić information content (AvgIpc) is 2.18. The Morgan fingerprint density at radius 1 is 1.60 bits per heavy atom. The molecule has 1 aliphatic rings. The second-order valence-electron chi connectivity index (χ2n) is 4.72. The third kappa shape index (κ3) is 3.28. The van der Waals surface area contributed by atoms with E-state index in [1.165, 1.54) is 19.4 Å². The first-order valence-electron chi connectivity index (χ1n) is 5.88. The van der Waals surface area contributed by atoms with Crippen molar-refractivity contribution >= 4 is 6.29 Å². The molecule has 0 N–H and O–H groups in total. The van der Waals surface area contributed by atoms with Crippen LogP contribution in [0.5, 0.6) is 0 Å². The van der Waals surface area contributed by atoms with Gasteiger partial charge in [-0.15, -0.1) is 0 Å². The number of ether oxygens (including phenoxy) is 1. The van der Waals surface area contributed by atoms with Crippen LogP contribution < -0.4 is 0 Å². The summed E-state index contributed by atoms with van der Waals surface area (Å²) in [7, 11) is 2.14. The van der Waals surface area contributed by atoms with Gasteiger partial charge in [-0.1, -0.05) is 0 Å². The second-order valence-corrected chi connectivity index (χ2v) is 4.72. The minimum Gasteiger partial charge on any atom is -0.375 e. The van der Waals surface area contributed by atoms with Crippen LogP contribution in [0.2, 0.25) is 0 Å². The van der Waals surface area contributed by atoms with E-state index in [0.29, 0.717) is 18.9 Å². The minimum atomic E-state index is -0.259. The molecule has 0 aromatic carbocycles. The van der Waals surface area contributed by atoms with Gasteiger partial charge in [-0.05, 0) is 40.3 Å². The van der Waals surface area contributed by atoms with Crippen LogP contribution in [0.1, 0.15) is 33.1 Å².